The van der Waals surface area contributed by atoms with Crippen molar-refractivity contribution in [1.82, 2.24) is 0 Å². The van der Waals surface area contributed by atoms with Gasteiger partial charge in [-0.25, -0.2) is 4.39 Å². The van der Waals surface area contributed by atoms with E-state index in [0.29, 0.717) is 11.1 Å². The van der Waals surface area contributed by atoms with Gasteiger partial charge in [-0.15, -0.1) is 0 Å². The van der Waals surface area contributed by atoms with E-state index >= 15 is 0 Å². The van der Waals surface area contributed by atoms with Crippen LogP contribution >= 0.6 is 0 Å². The predicted molar refractivity (Wildman–Crippen MR) is 65.6 cm³/mol. The van der Waals surface area contributed by atoms with Crippen LogP contribution in [0.2, 0.25) is 0 Å². The van der Waals surface area contributed by atoms with Crippen molar-refractivity contribution in [3.05, 3.63) is 59.5 Å². The second-order valence-electron chi connectivity index (χ2n) is 4.28. The third-order valence-electron chi connectivity index (χ3n) is 2.93. The lowest BCUT2D eigenvalue weighted by Gasteiger charge is -2.04. The molecule has 2 N–H and O–H groups in total. The monoisotopic (exact) mass is 245 g/mol. The zero-order chi connectivity index (χ0) is 12.7. The van der Waals surface area contributed by atoms with Gasteiger partial charge >= 0.3 is 0 Å². The van der Waals surface area contributed by atoms with E-state index in [4.69, 9.17) is 14.6 Å². The zero-order valence-electron chi connectivity index (χ0n) is 9.81. The summed E-state index contributed by atoms with van der Waals surface area (Å²) in [6.07, 6.45) is 1.59. The fraction of sp³-hybridized carbons (Fsp3) is 0.143. The molecule has 1 aromatic carbocycles. The molecule has 1 unspecified atom stereocenters. The average Bonchev–Trinajstić information content (AvgIpc) is 2.95. The van der Waals surface area contributed by atoms with Crippen LogP contribution in [0.25, 0.3) is 11.0 Å². The maximum absolute atomic E-state index is 13.5. The summed E-state index contributed by atoms with van der Waals surface area (Å²) in [6.45, 7) is 1.84. The highest BCUT2D eigenvalue weighted by molar-refractivity contribution is 5.78. The normalized spacial score (nSPS) is 13.1. The molecule has 4 heteroatoms. The molecule has 0 saturated carbocycles. The molecule has 0 aliphatic rings. The lowest BCUT2D eigenvalue weighted by molar-refractivity contribution is 0.496. The number of hydrogen-bond acceptors (Lipinski definition) is 3. The summed E-state index contributed by atoms with van der Waals surface area (Å²) in [6, 6.07) is 7.95. The summed E-state index contributed by atoms with van der Waals surface area (Å²) in [5.74, 6) is 0.924. The highest BCUT2D eigenvalue weighted by Gasteiger charge is 2.17. The maximum Gasteiger partial charge on any atom is 0.169 e. The summed E-state index contributed by atoms with van der Waals surface area (Å²) >= 11 is 0. The molecule has 3 aromatic rings. The second kappa shape index (κ2) is 3.99. The van der Waals surface area contributed by atoms with E-state index < -0.39 is 6.04 Å². The Balaban J connectivity index is 2.06. The standard InChI is InChI=1S/C14H12FNO2/c1-8-5-10(7-17-8)13(16)12-6-9-3-2-4-11(15)14(9)18-12/h2-7,13H,16H2,1H3. The van der Waals surface area contributed by atoms with E-state index in [0.717, 1.165) is 11.3 Å². The largest absolute Gasteiger partial charge is 0.469 e. The van der Waals surface area contributed by atoms with Gasteiger partial charge in [-0.1, -0.05) is 12.1 Å². The van der Waals surface area contributed by atoms with E-state index in [2.05, 4.69) is 0 Å². The van der Waals surface area contributed by atoms with Crippen molar-refractivity contribution in [3.63, 3.8) is 0 Å². The quantitative estimate of drug-likeness (QED) is 0.751. The van der Waals surface area contributed by atoms with Crippen LogP contribution in [0.15, 0.2) is 45.4 Å². The van der Waals surface area contributed by atoms with Crippen LogP contribution in [0, 0.1) is 12.7 Å². The Bertz CT molecular complexity index is 699. The Morgan fingerprint density at radius 2 is 2.11 bits per heavy atom. The number of benzene rings is 1. The number of rotatable bonds is 2. The molecule has 0 amide bonds. The Hall–Kier alpha value is -2.07. The van der Waals surface area contributed by atoms with Crippen molar-refractivity contribution in [2.75, 3.05) is 0 Å². The van der Waals surface area contributed by atoms with Crippen LogP contribution in [0.3, 0.4) is 0 Å². The minimum absolute atomic E-state index is 0.239. The van der Waals surface area contributed by atoms with Crippen LogP contribution in [0.5, 0.6) is 0 Å². The number of halogens is 1. The average molecular weight is 245 g/mol. The van der Waals surface area contributed by atoms with Gasteiger partial charge in [0.1, 0.15) is 11.5 Å². The van der Waals surface area contributed by atoms with Crippen LogP contribution in [0.4, 0.5) is 4.39 Å². The smallest absolute Gasteiger partial charge is 0.169 e. The summed E-state index contributed by atoms with van der Waals surface area (Å²) in [5.41, 5.74) is 7.12. The number of para-hydroxylation sites is 1. The molecule has 0 saturated heterocycles. The Labute approximate surface area is 103 Å². The van der Waals surface area contributed by atoms with Gasteiger partial charge in [-0.3, -0.25) is 0 Å². The minimum atomic E-state index is -0.450. The van der Waals surface area contributed by atoms with Gasteiger partial charge in [0.15, 0.2) is 11.4 Å². The molecule has 0 aliphatic heterocycles. The number of nitrogens with two attached hydrogens (primary N) is 1. The Kier molecular flexibility index (Phi) is 2.45. The zero-order valence-corrected chi connectivity index (χ0v) is 9.81. The molecule has 0 spiro atoms. The molecule has 0 fully saturated rings. The molecular weight excluding hydrogens is 233 g/mol. The highest BCUT2D eigenvalue weighted by Crippen LogP contribution is 2.28. The Morgan fingerprint density at radius 1 is 1.28 bits per heavy atom. The third kappa shape index (κ3) is 1.71. The van der Waals surface area contributed by atoms with Crippen LogP contribution in [-0.4, -0.2) is 0 Å². The SMILES string of the molecule is Cc1cc(C(N)c2cc3cccc(F)c3o2)co1. The first-order valence-electron chi connectivity index (χ1n) is 5.64. The van der Waals surface area contributed by atoms with Gasteiger partial charge in [0.2, 0.25) is 0 Å². The van der Waals surface area contributed by atoms with E-state index in [1.807, 2.05) is 13.0 Å². The van der Waals surface area contributed by atoms with Gasteiger partial charge < -0.3 is 14.6 Å². The van der Waals surface area contributed by atoms with E-state index in [-0.39, 0.29) is 11.4 Å². The lowest BCUT2D eigenvalue weighted by atomic mass is 10.1. The van der Waals surface area contributed by atoms with Gasteiger partial charge in [0.25, 0.3) is 0 Å². The molecule has 1 atom stereocenters. The van der Waals surface area contributed by atoms with Crippen molar-refractivity contribution in [2.45, 2.75) is 13.0 Å². The van der Waals surface area contributed by atoms with Gasteiger partial charge in [0.05, 0.1) is 12.3 Å². The highest BCUT2D eigenvalue weighted by atomic mass is 19.1. The number of fused-ring (bicyclic) bond motifs is 1. The second-order valence-corrected chi connectivity index (χ2v) is 4.28. The molecule has 2 heterocycles. The first-order valence-corrected chi connectivity index (χ1v) is 5.64. The van der Waals surface area contributed by atoms with Crippen molar-refractivity contribution < 1.29 is 13.2 Å². The number of aryl methyl sites for hydroxylation is 1. The number of furan rings is 2. The van der Waals surface area contributed by atoms with Crippen molar-refractivity contribution in [2.24, 2.45) is 5.73 Å². The summed E-state index contributed by atoms with van der Waals surface area (Å²) in [5, 5.41) is 0.709. The molecule has 0 bridgehead atoms. The van der Waals surface area contributed by atoms with Gasteiger partial charge in [-0.05, 0) is 25.1 Å². The van der Waals surface area contributed by atoms with Crippen molar-refractivity contribution >= 4 is 11.0 Å². The van der Waals surface area contributed by atoms with E-state index in [9.17, 15) is 4.39 Å². The lowest BCUT2D eigenvalue weighted by Crippen LogP contribution is -2.09. The van der Waals surface area contributed by atoms with E-state index in [1.165, 1.54) is 6.07 Å². The van der Waals surface area contributed by atoms with Gasteiger partial charge in [-0.2, -0.15) is 0 Å². The van der Waals surface area contributed by atoms with Crippen LogP contribution < -0.4 is 5.73 Å². The minimum Gasteiger partial charge on any atom is -0.469 e. The molecule has 18 heavy (non-hydrogen) atoms. The molecular formula is C14H12FNO2. The fourth-order valence-electron chi connectivity index (χ4n) is 1.99. The summed E-state index contributed by atoms with van der Waals surface area (Å²) < 4.78 is 24.2. The molecule has 0 aliphatic carbocycles. The molecule has 3 nitrogen and oxygen atoms in total. The van der Waals surface area contributed by atoms with E-state index in [1.54, 1.807) is 24.5 Å². The predicted octanol–water partition coefficient (Wildman–Crippen LogP) is 3.52. The van der Waals surface area contributed by atoms with Crippen LogP contribution in [0.1, 0.15) is 23.1 Å². The Morgan fingerprint density at radius 3 is 2.78 bits per heavy atom. The van der Waals surface area contributed by atoms with Gasteiger partial charge in [0, 0.05) is 10.9 Å². The fourth-order valence-corrected chi connectivity index (χ4v) is 1.99. The summed E-state index contributed by atoms with van der Waals surface area (Å²) in [7, 11) is 0. The molecule has 92 valence electrons. The first kappa shape index (κ1) is 11.0. The molecule has 3 rings (SSSR count). The van der Waals surface area contributed by atoms with Crippen LogP contribution in [-0.2, 0) is 0 Å². The van der Waals surface area contributed by atoms with Crippen molar-refractivity contribution in [1.29, 1.82) is 0 Å². The third-order valence-corrected chi connectivity index (χ3v) is 2.93. The molecule has 0 radical (unpaired) electrons. The molecule has 2 aromatic heterocycles. The maximum atomic E-state index is 13.5. The first-order chi connectivity index (χ1) is 8.65. The van der Waals surface area contributed by atoms with Crippen molar-refractivity contribution in [3.8, 4) is 0 Å². The topological polar surface area (TPSA) is 52.3 Å². The summed E-state index contributed by atoms with van der Waals surface area (Å²) in [4.78, 5) is 0. The number of hydrogen-bond donors (Lipinski definition) is 1.